The molecule has 0 heterocycles. The Morgan fingerprint density at radius 3 is 2.62 bits per heavy atom. The molecule has 4 N–H and O–H groups in total. The molecule has 0 aliphatic heterocycles. The van der Waals surface area contributed by atoms with Crippen LogP contribution in [0.3, 0.4) is 0 Å². The van der Waals surface area contributed by atoms with Gasteiger partial charge in [0, 0.05) is 12.5 Å². The van der Waals surface area contributed by atoms with Crippen LogP contribution >= 0.6 is 0 Å². The number of amides is 1. The Kier molecular flexibility index (Phi) is 6.32. The molecule has 0 aliphatic carbocycles. The zero-order valence-corrected chi connectivity index (χ0v) is 12.4. The van der Waals surface area contributed by atoms with Crippen LogP contribution < -0.4 is 20.5 Å². The van der Waals surface area contributed by atoms with Crippen LogP contribution in [0.25, 0.3) is 0 Å². The number of carbonyl (C=O) groups excluding carboxylic acids is 1. The maximum absolute atomic E-state index is 11.9. The number of oxime groups is 1. The maximum atomic E-state index is 11.9. The van der Waals surface area contributed by atoms with Crippen molar-refractivity contribution in [3.8, 4) is 11.5 Å². The molecule has 0 aromatic heterocycles. The molecule has 0 aliphatic rings. The summed E-state index contributed by atoms with van der Waals surface area (Å²) < 4.78 is 10.3. The Labute approximate surface area is 123 Å². The van der Waals surface area contributed by atoms with E-state index in [4.69, 9.17) is 20.4 Å². The number of ether oxygens (including phenoxy) is 2. The third-order valence-corrected chi connectivity index (χ3v) is 3.04. The molecular formula is C14H21N3O4. The molecule has 1 aromatic rings. The highest BCUT2D eigenvalue weighted by atomic mass is 16.5. The lowest BCUT2D eigenvalue weighted by atomic mass is 10.1. The molecule has 1 amide bonds. The Hall–Kier alpha value is -2.44. The van der Waals surface area contributed by atoms with E-state index in [1.165, 1.54) is 0 Å². The predicted molar refractivity (Wildman–Crippen MR) is 78.8 cm³/mol. The van der Waals surface area contributed by atoms with Crippen molar-refractivity contribution in [1.82, 2.24) is 5.32 Å². The Morgan fingerprint density at radius 1 is 1.38 bits per heavy atom. The van der Waals surface area contributed by atoms with Crippen molar-refractivity contribution in [3.05, 3.63) is 23.8 Å². The highest BCUT2D eigenvalue weighted by Crippen LogP contribution is 2.27. The van der Waals surface area contributed by atoms with E-state index >= 15 is 0 Å². The van der Waals surface area contributed by atoms with Crippen LogP contribution in [-0.4, -0.2) is 37.7 Å². The van der Waals surface area contributed by atoms with Crippen molar-refractivity contribution in [1.29, 1.82) is 0 Å². The number of nitrogens with one attached hydrogen (secondary N) is 1. The first-order valence-electron chi connectivity index (χ1n) is 6.46. The van der Waals surface area contributed by atoms with E-state index in [0.717, 1.165) is 5.56 Å². The van der Waals surface area contributed by atoms with Crippen molar-refractivity contribution in [2.75, 3.05) is 20.8 Å². The van der Waals surface area contributed by atoms with Crippen LogP contribution in [0, 0.1) is 5.92 Å². The quantitative estimate of drug-likeness (QED) is 0.298. The minimum Gasteiger partial charge on any atom is -0.493 e. The van der Waals surface area contributed by atoms with E-state index in [1.54, 1.807) is 39.3 Å². The number of methoxy groups -OCH3 is 2. The van der Waals surface area contributed by atoms with Gasteiger partial charge in [-0.05, 0) is 17.7 Å². The van der Waals surface area contributed by atoms with Gasteiger partial charge in [0.2, 0.25) is 5.91 Å². The fourth-order valence-corrected chi connectivity index (χ4v) is 1.71. The summed E-state index contributed by atoms with van der Waals surface area (Å²) in [6.45, 7) is 2.06. The summed E-state index contributed by atoms with van der Waals surface area (Å²) in [6, 6.07) is 5.31. The maximum Gasteiger partial charge on any atom is 0.224 e. The fourth-order valence-electron chi connectivity index (χ4n) is 1.71. The molecule has 7 nitrogen and oxygen atoms in total. The number of rotatable bonds is 7. The molecule has 7 heteroatoms. The van der Waals surface area contributed by atoms with Crippen LogP contribution in [0.2, 0.25) is 0 Å². The van der Waals surface area contributed by atoms with E-state index in [1.807, 2.05) is 0 Å². The smallest absolute Gasteiger partial charge is 0.224 e. The van der Waals surface area contributed by atoms with Gasteiger partial charge in [0.25, 0.3) is 0 Å². The Balaban J connectivity index is 2.59. The summed E-state index contributed by atoms with van der Waals surface area (Å²) >= 11 is 0. The van der Waals surface area contributed by atoms with Gasteiger partial charge in [-0.1, -0.05) is 18.1 Å². The lowest BCUT2D eigenvalue weighted by Crippen LogP contribution is -2.35. The first-order chi connectivity index (χ1) is 10.0. The van der Waals surface area contributed by atoms with E-state index in [-0.39, 0.29) is 24.1 Å². The van der Waals surface area contributed by atoms with Crippen molar-refractivity contribution in [2.45, 2.75) is 13.3 Å². The van der Waals surface area contributed by atoms with Gasteiger partial charge < -0.3 is 25.7 Å². The molecule has 0 radical (unpaired) electrons. The number of hydrogen-bond donors (Lipinski definition) is 3. The van der Waals surface area contributed by atoms with Gasteiger partial charge in [0.1, 0.15) is 5.84 Å². The molecule has 0 spiro atoms. The number of carbonyl (C=O) groups is 1. The number of hydrogen-bond acceptors (Lipinski definition) is 5. The number of nitrogens with zero attached hydrogens (tertiary/aromatic N) is 1. The molecule has 1 aromatic carbocycles. The number of amidine groups is 1. The first-order valence-corrected chi connectivity index (χ1v) is 6.46. The largest absolute Gasteiger partial charge is 0.493 e. The second-order valence-electron chi connectivity index (χ2n) is 4.60. The zero-order chi connectivity index (χ0) is 15.8. The predicted octanol–water partition coefficient (Wildman–Crippen LogP) is 0.745. The van der Waals surface area contributed by atoms with Gasteiger partial charge in [-0.25, -0.2) is 0 Å². The summed E-state index contributed by atoms with van der Waals surface area (Å²) in [5.41, 5.74) is 6.25. The van der Waals surface area contributed by atoms with Gasteiger partial charge >= 0.3 is 0 Å². The van der Waals surface area contributed by atoms with Gasteiger partial charge in [0.05, 0.1) is 20.6 Å². The molecular weight excluding hydrogens is 274 g/mol. The number of benzene rings is 1. The summed E-state index contributed by atoms with van der Waals surface area (Å²) in [6.07, 6.45) is 0.212. The third kappa shape index (κ3) is 4.87. The minimum atomic E-state index is -0.232. The number of nitrogens with two attached hydrogens (primary N) is 1. The van der Waals surface area contributed by atoms with Crippen molar-refractivity contribution >= 4 is 11.7 Å². The zero-order valence-electron chi connectivity index (χ0n) is 12.4. The molecule has 0 saturated carbocycles. The first kappa shape index (κ1) is 16.6. The molecule has 116 valence electrons. The summed E-state index contributed by atoms with van der Waals surface area (Å²) in [5.74, 6) is 0.889. The van der Waals surface area contributed by atoms with Gasteiger partial charge in [-0.15, -0.1) is 0 Å². The Bertz CT molecular complexity index is 517. The van der Waals surface area contributed by atoms with Crippen LogP contribution in [0.1, 0.15) is 12.5 Å². The average molecular weight is 295 g/mol. The van der Waals surface area contributed by atoms with Crippen LogP contribution in [0.4, 0.5) is 0 Å². The van der Waals surface area contributed by atoms with E-state index in [2.05, 4.69) is 10.5 Å². The molecule has 0 fully saturated rings. The van der Waals surface area contributed by atoms with Gasteiger partial charge in [-0.3, -0.25) is 4.79 Å². The topological polar surface area (TPSA) is 106 Å². The second kappa shape index (κ2) is 7.98. The summed E-state index contributed by atoms with van der Waals surface area (Å²) in [7, 11) is 3.10. The lowest BCUT2D eigenvalue weighted by molar-refractivity contribution is -0.120. The normalized spacial score (nSPS) is 12.6. The fraction of sp³-hybridized carbons (Fsp3) is 0.429. The standard InChI is InChI=1S/C14H21N3O4/c1-9(14(15)17-19)8-16-13(18)7-10-4-5-11(20-2)12(6-10)21-3/h4-6,9,19H,7-8H2,1-3H3,(H2,15,17)(H,16,18). The SMILES string of the molecule is COc1ccc(CC(=O)NCC(C)C(N)=NO)cc1OC. The second-order valence-corrected chi connectivity index (χ2v) is 4.60. The molecule has 1 rings (SSSR count). The van der Waals surface area contributed by atoms with Crippen molar-refractivity contribution in [3.63, 3.8) is 0 Å². The van der Waals surface area contributed by atoms with E-state index in [9.17, 15) is 4.79 Å². The van der Waals surface area contributed by atoms with Gasteiger partial charge in [-0.2, -0.15) is 0 Å². The van der Waals surface area contributed by atoms with Crippen LogP contribution in [0.15, 0.2) is 23.4 Å². The highest BCUT2D eigenvalue weighted by molar-refractivity contribution is 5.83. The lowest BCUT2D eigenvalue weighted by Gasteiger charge is -2.12. The van der Waals surface area contributed by atoms with Gasteiger partial charge in [0.15, 0.2) is 11.5 Å². The summed E-state index contributed by atoms with van der Waals surface area (Å²) in [5, 5.41) is 14.2. The minimum absolute atomic E-state index is 0.0846. The van der Waals surface area contributed by atoms with Crippen molar-refractivity contribution in [2.24, 2.45) is 16.8 Å². The average Bonchev–Trinajstić information content (AvgIpc) is 2.51. The van der Waals surface area contributed by atoms with Crippen molar-refractivity contribution < 1.29 is 19.5 Å². The van der Waals surface area contributed by atoms with Crippen LogP contribution in [-0.2, 0) is 11.2 Å². The molecule has 1 unspecified atom stereocenters. The Morgan fingerprint density at radius 2 is 2.05 bits per heavy atom. The summed E-state index contributed by atoms with van der Waals surface area (Å²) in [4.78, 5) is 11.9. The molecule has 21 heavy (non-hydrogen) atoms. The van der Waals surface area contributed by atoms with Crippen LogP contribution in [0.5, 0.6) is 11.5 Å². The van der Waals surface area contributed by atoms with E-state index in [0.29, 0.717) is 18.0 Å². The molecule has 1 atom stereocenters. The third-order valence-electron chi connectivity index (χ3n) is 3.04. The highest BCUT2D eigenvalue weighted by Gasteiger charge is 2.11. The van der Waals surface area contributed by atoms with E-state index < -0.39 is 0 Å². The molecule has 0 saturated heterocycles. The molecule has 0 bridgehead atoms. The monoisotopic (exact) mass is 295 g/mol.